The maximum Gasteiger partial charge on any atom is 0.225 e. The fourth-order valence-corrected chi connectivity index (χ4v) is 2.38. The molecule has 1 aromatic carbocycles. The molecule has 0 aliphatic carbocycles. The standard InChI is InChI=1S/C14H19NO/c1-11(2)14(16)15-10-6-9-13(15)12-7-4-3-5-8-12/h3-5,7-8,11,13H,6,9-10H2,1-2H3. The Labute approximate surface area is 97.3 Å². The lowest BCUT2D eigenvalue weighted by molar-refractivity contribution is -0.135. The van der Waals surface area contributed by atoms with Gasteiger partial charge in [0.15, 0.2) is 0 Å². The van der Waals surface area contributed by atoms with E-state index >= 15 is 0 Å². The molecule has 86 valence electrons. The first-order valence-corrected chi connectivity index (χ1v) is 6.05. The number of carbonyl (C=O) groups excluding carboxylic acids is 1. The zero-order chi connectivity index (χ0) is 11.5. The minimum absolute atomic E-state index is 0.101. The van der Waals surface area contributed by atoms with Crippen molar-refractivity contribution >= 4 is 5.91 Å². The van der Waals surface area contributed by atoms with E-state index < -0.39 is 0 Å². The molecule has 2 heteroatoms. The van der Waals surface area contributed by atoms with Gasteiger partial charge < -0.3 is 4.90 Å². The van der Waals surface area contributed by atoms with Crippen LogP contribution in [0.4, 0.5) is 0 Å². The highest BCUT2D eigenvalue weighted by atomic mass is 16.2. The highest BCUT2D eigenvalue weighted by Crippen LogP contribution is 2.32. The van der Waals surface area contributed by atoms with Crippen LogP contribution in [0.25, 0.3) is 0 Å². The summed E-state index contributed by atoms with van der Waals surface area (Å²) in [5, 5.41) is 0. The van der Waals surface area contributed by atoms with Crippen LogP contribution in [0.15, 0.2) is 30.3 Å². The molecule has 1 heterocycles. The van der Waals surface area contributed by atoms with Crippen LogP contribution < -0.4 is 0 Å². The van der Waals surface area contributed by atoms with E-state index in [-0.39, 0.29) is 11.8 Å². The minimum atomic E-state index is 0.101. The largest absolute Gasteiger partial charge is 0.335 e. The van der Waals surface area contributed by atoms with Crippen LogP contribution >= 0.6 is 0 Å². The van der Waals surface area contributed by atoms with Gasteiger partial charge in [-0.15, -0.1) is 0 Å². The number of benzene rings is 1. The molecular weight excluding hydrogens is 198 g/mol. The monoisotopic (exact) mass is 217 g/mol. The zero-order valence-electron chi connectivity index (χ0n) is 10.0. The summed E-state index contributed by atoms with van der Waals surface area (Å²) in [7, 11) is 0. The van der Waals surface area contributed by atoms with Crippen LogP contribution in [0.1, 0.15) is 38.3 Å². The number of rotatable bonds is 2. The van der Waals surface area contributed by atoms with Crippen LogP contribution in [0.5, 0.6) is 0 Å². The average Bonchev–Trinajstić information content (AvgIpc) is 2.77. The van der Waals surface area contributed by atoms with Gasteiger partial charge in [-0.05, 0) is 18.4 Å². The Balaban J connectivity index is 2.19. The molecule has 1 amide bonds. The van der Waals surface area contributed by atoms with E-state index in [2.05, 4.69) is 12.1 Å². The van der Waals surface area contributed by atoms with Gasteiger partial charge in [0.2, 0.25) is 5.91 Å². The molecule has 1 aromatic rings. The first-order valence-electron chi connectivity index (χ1n) is 6.05. The van der Waals surface area contributed by atoms with Gasteiger partial charge in [0, 0.05) is 12.5 Å². The predicted octanol–water partition coefficient (Wildman–Crippen LogP) is 3.01. The summed E-state index contributed by atoms with van der Waals surface area (Å²) < 4.78 is 0. The smallest absolute Gasteiger partial charge is 0.225 e. The molecule has 1 fully saturated rings. The molecular formula is C14H19NO. The summed E-state index contributed by atoms with van der Waals surface area (Å²) in [6, 6.07) is 10.7. The molecule has 0 N–H and O–H groups in total. The fourth-order valence-electron chi connectivity index (χ4n) is 2.38. The van der Waals surface area contributed by atoms with Crippen molar-refractivity contribution in [2.24, 2.45) is 5.92 Å². The summed E-state index contributed by atoms with van der Waals surface area (Å²) in [5.41, 5.74) is 1.27. The molecule has 1 atom stereocenters. The number of likely N-dealkylation sites (tertiary alicyclic amines) is 1. The topological polar surface area (TPSA) is 20.3 Å². The second-order valence-corrected chi connectivity index (χ2v) is 4.76. The number of carbonyl (C=O) groups is 1. The molecule has 0 bridgehead atoms. The highest BCUT2D eigenvalue weighted by Gasteiger charge is 2.30. The van der Waals surface area contributed by atoms with Gasteiger partial charge in [-0.3, -0.25) is 4.79 Å². The number of nitrogens with zero attached hydrogens (tertiary/aromatic N) is 1. The van der Waals surface area contributed by atoms with Crippen molar-refractivity contribution in [3.05, 3.63) is 35.9 Å². The van der Waals surface area contributed by atoms with E-state index in [0.29, 0.717) is 6.04 Å². The first kappa shape index (κ1) is 11.2. The Morgan fingerprint density at radius 2 is 2.00 bits per heavy atom. The van der Waals surface area contributed by atoms with Gasteiger partial charge in [-0.2, -0.15) is 0 Å². The van der Waals surface area contributed by atoms with Gasteiger partial charge in [0.25, 0.3) is 0 Å². The molecule has 0 radical (unpaired) electrons. The van der Waals surface area contributed by atoms with E-state index in [9.17, 15) is 4.79 Å². The van der Waals surface area contributed by atoms with Crippen molar-refractivity contribution in [3.8, 4) is 0 Å². The van der Waals surface area contributed by atoms with Gasteiger partial charge >= 0.3 is 0 Å². The van der Waals surface area contributed by atoms with Gasteiger partial charge in [-0.1, -0.05) is 44.2 Å². The Kier molecular flexibility index (Phi) is 3.28. The Bertz CT molecular complexity index is 358. The molecule has 1 saturated heterocycles. The normalized spacial score (nSPS) is 20.4. The fraction of sp³-hybridized carbons (Fsp3) is 0.500. The Morgan fingerprint density at radius 3 is 2.62 bits per heavy atom. The summed E-state index contributed by atoms with van der Waals surface area (Å²) in [4.78, 5) is 14.1. The number of hydrogen-bond acceptors (Lipinski definition) is 1. The van der Waals surface area contributed by atoms with Gasteiger partial charge in [0.05, 0.1) is 6.04 Å². The van der Waals surface area contributed by atoms with Gasteiger partial charge in [-0.25, -0.2) is 0 Å². The maximum absolute atomic E-state index is 12.1. The Hall–Kier alpha value is -1.31. The Morgan fingerprint density at radius 1 is 1.31 bits per heavy atom. The minimum Gasteiger partial charge on any atom is -0.335 e. The molecule has 0 spiro atoms. The van der Waals surface area contributed by atoms with E-state index in [1.165, 1.54) is 5.56 Å². The molecule has 0 saturated carbocycles. The first-order chi connectivity index (χ1) is 7.70. The predicted molar refractivity (Wildman–Crippen MR) is 65.0 cm³/mol. The summed E-state index contributed by atoms with van der Waals surface area (Å²) in [5.74, 6) is 0.385. The van der Waals surface area contributed by atoms with Crippen molar-refractivity contribution in [1.29, 1.82) is 0 Å². The third-order valence-electron chi connectivity index (χ3n) is 3.21. The molecule has 2 nitrogen and oxygen atoms in total. The SMILES string of the molecule is CC(C)C(=O)N1CCCC1c1ccccc1. The van der Waals surface area contributed by atoms with Gasteiger partial charge in [0.1, 0.15) is 0 Å². The molecule has 0 aromatic heterocycles. The van der Waals surface area contributed by atoms with Crippen LogP contribution in [0.2, 0.25) is 0 Å². The lowest BCUT2D eigenvalue weighted by Gasteiger charge is -2.26. The molecule has 16 heavy (non-hydrogen) atoms. The van der Waals surface area contributed by atoms with Crippen LogP contribution in [-0.4, -0.2) is 17.4 Å². The lowest BCUT2D eigenvalue weighted by Crippen LogP contribution is -2.33. The summed E-state index contributed by atoms with van der Waals surface area (Å²) >= 11 is 0. The molecule has 1 aliphatic rings. The number of amides is 1. The van der Waals surface area contributed by atoms with Crippen LogP contribution in [-0.2, 0) is 4.79 Å². The molecule has 2 rings (SSSR count). The van der Waals surface area contributed by atoms with Crippen molar-refractivity contribution in [2.45, 2.75) is 32.7 Å². The second kappa shape index (κ2) is 4.69. The lowest BCUT2D eigenvalue weighted by atomic mass is 10.0. The third-order valence-corrected chi connectivity index (χ3v) is 3.21. The molecule has 1 unspecified atom stereocenters. The average molecular weight is 217 g/mol. The maximum atomic E-state index is 12.1. The molecule has 1 aliphatic heterocycles. The van der Waals surface area contributed by atoms with E-state index in [1.807, 2.05) is 36.9 Å². The van der Waals surface area contributed by atoms with E-state index in [1.54, 1.807) is 0 Å². The highest BCUT2D eigenvalue weighted by molar-refractivity contribution is 5.78. The van der Waals surface area contributed by atoms with E-state index in [4.69, 9.17) is 0 Å². The van der Waals surface area contributed by atoms with E-state index in [0.717, 1.165) is 19.4 Å². The van der Waals surface area contributed by atoms with Crippen molar-refractivity contribution in [2.75, 3.05) is 6.54 Å². The van der Waals surface area contributed by atoms with Crippen molar-refractivity contribution < 1.29 is 4.79 Å². The van der Waals surface area contributed by atoms with Crippen molar-refractivity contribution in [1.82, 2.24) is 4.90 Å². The summed E-state index contributed by atoms with van der Waals surface area (Å²) in [6.45, 7) is 4.86. The third kappa shape index (κ3) is 2.11. The summed E-state index contributed by atoms with van der Waals surface area (Å²) in [6.07, 6.45) is 2.22. The van der Waals surface area contributed by atoms with Crippen LogP contribution in [0, 0.1) is 5.92 Å². The number of hydrogen-bond donors (Lipinski definition) is 0. The second-order valence-electron chi connectivity index (χ2n) is 4.76. The quantitative estimate of drug-likeness (QED) is 0.745. The van der Waals surface area contributed by atoms with Crippen LogP contribution in [0.3, 0.4) is 0 Å². The zero-order valence-corrected chi connectivity index (χ0v) is 10.0. The van der Waals surface area contributed by atoms with Crippen molar-refractivity contribution in [3.63, 3.8) is 0 Å².